The van der Waals surface area contributed by atoms with E-state index in [0.29, 0.717) is 5.33 Å². The highest BCUT2D eigenvalue weighted by Gasteiger charge is 2.04. The van der Waals surface area contributed by atoms with Crippen LogP contribution < -0.4 is 4.74 Å². The third-order valence-corrected chi connectivity index (χ3v) is 4.79. The van der Waals surface area contributed by atoms with Gasteiger partial charge in [0.25, 0.3) is 0 Å². The van der Waals surface area contributed by atoms with E-state index in [9.17, 15) is 4.79 Å². The molecule has 0 radical (unpaired) electrons. The number of carbonyl (C=O) groups excluding carboxylic acids is 1. The molecule has 0 aliphatic heterocycles. The van der Waals surface area contributed by atoms with E-state index in [1.807, 2.05) is 36.4 Å². The first-order valence-corrected chi connectivity index (χ1v) is 10.3. The Morgan fingerprint density at radius 1 is 0.840 bits per heavy atom. The van der Waals surface area contributed by atoms with Gasteiger partial charge in [-0.15, -0.1) is 0 Å². The van der Waals surface area contributed by atoms with Crippen LogP contribution in [0.15, 0.2) is 48.5 Å². The Hall–Kier alpha value is -1.61. The SMILES string of the molecule is CCCCCCCCOc1ccc(-c2ccc(C(=O)CBr)cc2)cc1. The van der Waals surface area contributed by atoms with Crippen molar-refractivity contribution in [1.82, 2.24) is 0 Å². The maximum Gasteiger partial charge on any atom is 0.173 e. The normalized spacial score (nSPS) is 10.6. The Morgan fingerprint density at radius 2 is 1.40 bits per heavy atom. The topological polar surface area (TPSA) is 26.3 Å². The average molecular weight is 403 g/mol. The summed E-state index contributed by atoms with van der Waals surface area (Å²) in [5.41, 5.74) is 2.97. The smallest absolute Gasteiger partial charge is 0.173 e. The molecule has 2 aromatic carbocycles. The Morgan fingerprint density at radius 3 is 2.00 bits per heavy atom. The molecule has 0 unspecified atom stereocenters. The van der Waals surface area contributed by atoms with Gasteiger partial charge in [-0.3, -0.25) is 4.79 Å². The number of benzene rings is 2. The molecule has 0 atom stereocenters. The summed E-state index contributed by atoms with van der Waals surface area (Å²) < 4.78 is 5.82. The Bertz CT molecular complexity index is 632. The van der Waals surface area contributed by atoms with E-state index in [4.69, 9.17) is 4.74 Å². The van der Waals surface area contributed by atoms with Crippen LogP contribution >= 0.6 is 15.9 Å². The molecule has 2 nitrogen and oxygen atoms in total. The maximum atomic E-state index is 11.6. The van der Waals surface area contributed by atoms with Crippen molar-refractivity contribution in [1.29, 1.82) is 0 Å². The summed E-state index contributed by atoms with van der Waals surface area (Å²) in [5.74, 6) is 1.02. The van der Waals surface area contributed by atoms with E-state index in [2.05, 4.69) is 35.0 Å². The van der Waals surface area contributed by atoms with E-state index in [-0.39, 0.29) is 5.78 Å². The molecular formula is C22H27BrO2. The zero-order chi connectivity index (χ0) is 17.9. The summed E-state index contributed by atoms with van der Waals surface area (Å²) in [6.45, 7) is 3.03. The molecule has 25 heavy (non-hydrogen) atoms. The van der Waals surface area contributed by atoms with Crippen molar-refractivity contribution in [3.63, 3.8) is 0 Å². The molecule has 0 bridgehead atoms. The van der Waals surface area contributed by atoms with Crippen molar-refractivity contribution in [2.24, 2.45) is 0 Å². The molecule has 0 amide bonds. The fourth-order valence-electron chi connectivity index (χ4n) is 2.74. The molecule has 0 spiro atoms. The molecular weight excluding hydrogens is 376 g/mol. The minimum absolute atomic E-state index is 0.102. The minimum atomic E-state index is 0.102. The fraction of sp³-hybridized carbons (Fsp3) is 0.409. The molecule has 134 valence electrons. The van der Waals surface area contributed by atoms with Gasteiger partial charge in [-0.2, -0.15) is 0 Å². The third kappa shape index (κ3) is 6.66. The molecule has 0 N–H and O–H groups in total. The van der Waals surface area contributed by atoms with Gasteiger partial charge in [0.15, 0.2) is 5.78 Å². The Balaban J connectivity index is 1.80. The highest BCUT2D eigenvalue weighted by atomic mass is 79.9. The van der Waals surface area contributed by atoms with Gasteiger partial charge in [0.2, 0.25) is 0 Å². The standard InChI is InChI=1S/C22H27BrO2/c1-2-3-4-5-6-7-16-25-21-14-12-19(13-15-21)18-8-10-20(11-9-18)22(24)17-23/h8-15H,2-7,16-17H2,1H3. The zero-order valence-corrected chi connectivity index (χ0v) is 16.6. The lowest BCUT2D eigenvalue weighted by Crippen LogP contribution is -1.99. The number of unbranched alkanes of at least 4 members (excludes halogenated alkanes) is 5. The van der Waals surface area contributed by atoms with Gasteiger partial charge in [-0.1, -0.05) is 91.4 Å². The predicted octanol–water partition coefficient (Wildman–Crippen LogP) is 6.67. The molecule has 0 aliphatic carbocycles. The highest BCUT2D eigenvalue weighted by Crippen LogP contribution is 2.23. The van der Waals surface area contributed by atoms with E-state index in [0.717, 1.165) is 35.5 Å². The lowest BCUT2D eigenvalue weighted by Gasteiger charge is -2.08. The molecule has 2 rings (SSSR count). The molecule has 2 aromatic rings. The van der Waals surface area contributed by atoms with Gasteiger partial charge in [-0.05, 0) is 29.7 Å². The van der Waals surface area contributed by atoms with E-state index in [1.54, 1.807) is 0 Å². The van der Waals surface area contributed by atoms with Crippen molar-refractivity contribution in [3.8, 4) is 16.9 Å². The van der Waals surface area contributed by atoms with Crippen LogP contribution in [-0.2, 0) is 0 Å². The summed E-state index contributed by atoms with van der Waals surface area (Å²) in [6, 6.07) is 15.9. The van der Waals surface area contributed by atoms with Crippen molar-refractivity contribution < 1.29 is 9.53 Å². The maximum absolute atomic E-state index is 11.6. The van der Waals surface area contributed by atoms with Crippen LogP contribution in [0, 0.1) is 0 Å². The van der Waals surface area contributed by atoms with Crippen LogP contribution in [0.25, 0.3) is 11.1 Å². The van der Waals surface area contributed by atoms with Gasteiger partial charge in [-0.25, -0.2) is 0 Å². The van der Waals surface area contributed by atoms with Crippen LogP contribution in [0.4, 0.5) is 0 Å². The molecule has 0 saturated heterocycles. The largest absolute Gasteiger partial charge is 0.494 e. The second-order valence-corrected chi connectivity index (χ2v) is 6.84. The molecule has 0 saturated carbocycles. The second-order valence-electron chi connectivity index (χ2n) is 6.27. The number of hydrogen-bond acceptors (Lipinski definition) is 2. The van der Waals surface area contributed by atoms with E-state index < -0.39 is 0 Å². The molecule has 3 heteroatoms. The number of rotatable bonds is 11. The summed E-state index contributed by atoms with van der Waals surface area (Å²) in [6.07, 6.45) is 7.65. The van der Waals surface area contributed by atoms with Gasteiger partial charge in [0.05, 0.1) is 11.9 Å². The van der Waals surface area contributed by atoms with Gasteiger partial charge in [0, 0.05) is 5.56 Å². The molecule has 0 heterocycles. The fourth-order valence-corrected chi connectivity index (χ4v) is 3.07. The first-order chi connectivity index (χ1) is 12.2. The first kappa shape index (κ1) is 19.7. The minimum Gasteiger partial charge on any atom is -0.494 e. The lowest BCUT2D eigenvalue weighted by atomic mass is 10.0. The Kier molecular flexibility index (Phi) is 8.75. The van der Waals surface area contributed by atoms with Gasteiger partial charge in [0.1, 0.15) is 5.75 Å². The number of alkyl halides is 1. The van der Waals surface area contributed by atoms with E-state index >= 15 is 0 Å². The zero-order valence-electron chi connectivity index (χ0n) is 15.0. The number of hydrogen-bond donors (Lipinski definition) is 0. The summed E-state index contributed by atoms with van der Waals surface area (Å²) in [7, 11) is 0. The van der Waals surface area contributed by atoms with E-state index in [1.165, 1.54) is 32.1 Å². The van der Waals surface area contributed by atoms with Gasteiger partial charge < -0.3 is 4.74 Å². The van der Waals surface area contributed by atoms with Crippen molar-refractivity contribution in [2.45, 2.75) is 45.4 Å². The number of ether oxygens (including phenoxy) is 1. The first-order valence-electron chi connectivity index (χ1n) is 9.17. The molecule has 0 aromatic heterocycles. The second kappa shape index (κ2) is 11.1. The average Bonchev–Trinajstić information content (AvgIpc) is 2.67. The highest BCUT2D eigenvalue weighted by molar-refractivity contribution is 9.09. The Labute approximate surface area is 159 Å². The van der Waals surface area contributed by atoms with Crippen molar-refractivity contribution in [2.75, 3.05) is 11.9 Å². The third-order valence-electron chi connectivity index (χ3n) is 4.28. The monoisotopic (exact) mass is 402 g/mol. The van der Waals surface area contributed by atoms with Crippen LogP contribution in [0.5, 0.6) is 5.75 Å². The lowest BCUT2D eigenvalue weighted by molar-refractivity contribution is 0.102. The van der Waals surface area contributed by atoms with Gasteiger partial charge >= 0.3 is 0 Å². The van der Waals surface area contributed by atoms with Crippen LogP contribution in [0.1, 0.15) is 55.8 Å². The van der Waals surface area contributed by atoms with Crippen LogP contribution in [0.2, 0.25) is 0 Å². The number of halogens is 1. The number of Topliss-reactive ketones (excluding diaryl/α,β-unsaturated/α-hetero) is 1. The number of carbonyl (C=O) groups is 1. The summed E-state index contributed by atoms with van der Waals surface area (Å²) in [4.78, 5) is 11.6. The van der Waals surface area contributed by atoms with Crippen LogP contribution in [-0.4, -0.2) is 17.7 Å². The molecule has 0 aliphatic rings. The summed E-state index contributed by atoms with van der Waals surface area (Å²) in [5, 5.41) is 0.358. The summed E-state index contributed by atoms with van der Waals surface area (Å²) >= 11 is 3.20. The number of ketones is 1. The van der Waals surface area contributed by atoms with Crippen molar-refractivity contribution in [3.05, 3.63) is 54.1 Å². The van der Waals surface area contributed by atoms with Crippen molar-refractivity contribution >= 4 is 21.7 Å². The quantitative estimate of drug-likeness (QED) is 0.238. The molecule has 0 fully saturated rings. The van der Waals surface area contributed by atoms with Crippen LogP contribution in [0.3, 0.4) is 0 Å². The predicted molar refractivity (Wildman–Crippen MR) is 109 cm³/mol.